The third-order valence-electron chi connectivity index (χ3n) is 3.47. The van der Waals surface area contributed by atoms with Gasteiger partial charge in [-0.2, -0.15) is 0 Å². The van der Waals surface area contributed by atoms with Crippen molar-refractivity contribution in [2.45, 2.75) is 58.3 Å². The van der Waals surface area contributed by atoms with Crippen LogP contribution in [-0.2, 0) is 23.8 Å². The van der Waals surface area contributed by atoms with Gasteiger partial charge in [0.25, 0.3) is 0 Å². The molecule has 1 fully saturated rings. The van der Waals surface area contributed by atoms with Crippen molar-refractivity contribution in [1.82, 2.24) is 0 Å². The van der Waals surface area contributed by atoms with Gasteiger partial charge in [-0.25, -0.2) is 0 Å². The molecule has 5 nitrogen and oxygen atoms in total. The standard InChI is InChI=1S/C15H22O5/c1-8(2)19-11-12(20-9(3)4)14(17)15(18-5,13(11)16)10-6-7-10/h8-10H,6-7H2,1-5H3. The normalized spacial score (nSPS) is 22.1. The number of ketones is 2. The minimum absolute atomic E-state index is 0.0208. The lowest BCUT2D eigenvalue weighted by Crippen LogP contribution is -2.47. The molecule has 0 radical (unpaired) electrons. The van der Waals surface area contributed by atoms with Crippen LogP contribution in [0.2, 0.25) is 0 Å². The van der Waals surface area contributed by atoms with Gasteiger partial charge in [-0.3, -0.25) is 9.59 Å². The molecular weight excluding hydrogens is 260 g/mol. The van der Waals surface area contributed by atoms with Gasteiger partial charge in [0.1, 0.15) is 0 Å². The quantitative estimate of drug-likeness (QED) is 0.697. The molecule has 2 aliphatic carbocycles. The molecule has 0 N–H and O–H groups in total. The molecule has 0 aromatic carbocycles. The zero-order chi connectivity index (χ0) is 15.1. The Kier molecular flexibility index (Phi) is 3.91. The van der Waals surface area contributed by atoms with Crippen molar-refractivity contribution in [2.75, 3.05) is 7.11 Å². The molecule has 0 spiro atoms. The molecule has 0 bridgehead atoms. The highest BCUT2D eigenvalue weighted by Crippen LogP contribution is 2.49. The van der Waals surface area contributed by atoms with Gasteiger partial charge in [0.2, 0.25) is 28.7 Å². The summed E-state index contributed by atoms with van der Waals surface area (Å²) >= 11 is 0. The molecule has 2 rings (SSSR count). The monoisotopic (exact) mass is 282 g/mol. The van der Waals surface area contributed by atoms with Crippen molar-refractivity contribution in [3.05, 3.63) is 11.5 Å². The average molecular weight is 282 g/mol. The average Bonchev–Trinajstić information content (AvgIpc) is 3.16. The van der Waals surface area contributed by atoms with Gasteiger partial charge in [0.05, 0.1) is 12.2 Å². The molecule has 20 heavy (non-hydrogen) atoms. The summed E-state index contributed by atoms with van der Waals surface area (Å²) in [7, 11) is 1.40. The van der Waals surface area contributed by atoms with Gasteiger partial charge < -0.3 is 14.2 Å². The van der Waals surface area contributed by atoms with Crippen LogP contribution >= 0.6 is 0 Å². The Labute approximate surface area is 119 Å². The van der Waals surface area contributed by atoms with Crippen LogP contribution in [0.25, 0.3) is 0 Å². The van der Waals surface area contributed by atoms with Crippen LogP contribution in [0.3, 0.4) is 0 Å². The van der Waals surface area contributed by atoms with Gasteiger partial charge in [-0.15, -0.1) is 0 Å². The Morgan fingerprint density at radius 2 is 1.35 bits per heavy atom. The number of hydrogen-bond acceptors (Lipinski definition) is 5. The molecule has 1 saturated carbocycles. The minimum atomic E-state index is -1.42. The third kappa shape index (κ3) is 2.24. The maximum atomic E-state index is 12.7. The van der Waals surface area contributed by atoms with Gasteiger partial charge >= 0.3 is 0 Å². The van der Waals surface area contributed by atoms with E-state index in [0.717, 1.165) is 12.8 Å². The predicted octanol–water partition coefficient (Wildman–Crippen LogP) is 1.99. The molecule has 0 aromatic rings. The van der Waals surface area contributed by atoms with E-state index in [4.69, 9.17) is 14.2 Å². The number of ether oxygens (including phenoxy) is 3. The molecule has 0 atom stereocenters. The van der Waals surface area contributed by atoms with Crippen molar-refractivity contribution in [3.63, 3.8) is 0 Å². The summed E-state index contributed by atoms with van der Waals surface area (Å²) < 4.78 is 16.5. The van der Waals surface area contributed by atoms with Crippen LogP contribution < -0.4 is 0 Å². The van der Waals surface area contributed by atoms with E-state index < -0.39 is 17.2 Å². The van der Waals surface area contributed by atoms with Crippen LogP contribution in [0.4, 0.5) is 0 Å². The Hall–Kier alpha value is -1.36. The Morgan fingerprint density at radius 3 is 1.60 bits per heavy atom. The number of rotatable bonds is 6. The summed E-state index contributed by atoms with van der Waals surface area (Å²) in [6.07, 6.45) is 1.21. The Morgan fingerprint density at radius 1 is 0.950 bits per heavy atom. The highest BCUT2D eigenvalue weighted by Gasteiger charge is 2.65. The largest absolute Gasteiger partial charge is 0.484 e. The van der Waals surface area contributed by atoms with Gasteiger partial charge in [0.15, 0.2) is 0 Å². The second-order valence-electron chi connectivity index (χ2n) is 5.86. The zero-order valence-corrected chi connectivity index (χ0v) is 12.7. The fourth-order valence-corrected chi connectivity index (χ4v) is 2.54. The maximum Gasteiger partial charge on any atom is 0.241 e. The first-order valence-corrected chi connectivity index (χ1v) is 7.06. The van der Waals surface area contributed by atoms with E-state index in [1.54, 1.807) is 0 Å². The second kappa shape index (κ2) is 5.20. The number of Topliss-reactive ketones (excluding diaryl/α,β-unsaturated/α-hetero) is 2. The molecule has 0 heterocycles. The number of methoxy groups -OCH3 is 1. The SMILES string of the molecule is COC1(C2CC2)C(=O)C(OC(C)C)=C(OC(C)C)C1=O. The summed E-state index contributed by atoms with van der Waals surface area (Å²) in [6, 6.07) is 0. The minimum Gasteiger partial charge on any atom is -0.484 e. The summed E-state index contributed by atoms with van der Waals surface area (Å²) in [5.74, 6) is -0.805. The fourth-order valence-electron chi connectivity index (χ4n) is 2.54. The first-order valence-electron chi connectivity index (χ1n) is 7.06. The number of carbonyl (C=O) groups excluding carboxylic acids is 2. The highest BCUT2D eigenvalue weighted by molar-refractivity contribution is 6.29. The summed E-state index contributed by atoms with van der Waals surface area (Å²) in [5, 5.41) is 0. The topological polar surface area (TPSA) is 61.8 Å². The molecule has 0 unspecified atom stereocenters. The van der Waals surface area contributed by atoms with Crippen molar-refractivity contribution < 1.29 is 23.8 Å². The second-order valence-corrected chi connectivity index (χ2v) is 5.86. The Bertz CT molecular complexity index is 425. The Balaban J connectivity index is 2.42. The smallest absolute Gasteiger partial charge is 0.241 e. The third-order valence-corrected chi connectivity index (χ3v) is 3.47. The van der Waals surface area contributed by atoms with Crippen LogP contribution in [0.15, 0.2) is 11.5 Å². The maximum absolute atomic E-state index is 12.7. The van der Waals surface area contributed by atoms with Crippen molar-refractivity contribution in [2.24, 2.45) is 5.92 Å². The summed E-state index contributed by atoms with van der Waals surface area (Å²) in [4.78, 5) is 25.3. The summed E-state index contributed by atoms with van der Waals surface area (Å²) in [5.41, 5.74) is -1.42. The lowest BCUT2D eigenvalue weighted by molar-refractivity contribution is -0.152. The lowest BCUT2D eigenvalue weighted by Gasteiger charge is -2.24. The van der Waals surface area contributed by atoms with Crippen molar-refractivity contribution >= 4 is 11.6 Å². The lowest BCUT2D eigenvalue weighted by atomic mass is 9.92. The van der Waals surface area contributed by atoms with Gasteiger partial charge in [-0.1, -0.05) is 0 Å². The number of hydrogen-bond donors (Lipinski definition) is 0. The van der Waals surface area contributed by atoms with Crippen LogP contribution in [0.5, 0.6) is 0 Å². The van der Waals surface area contributed by atoms with E-state index in [0.29, 0.717) is 0 Å². The predicted molar refractivity (Wildman–Crippen MR) is 71.9 cm³/mol. The van der Waals surface area contributed by atoms with Crippen LogP contribution in [-0.4, -0.2) is 36.5 Å². The van der Waals surface area contributed by atoms with E-state index in [-0.39, 0.29) is 29.6 Å². The van der Waals surface area contributed by atoms with E-state index >= 15 is 0 Å². The molecule has 5 heteroatoms. The first kappa shape index (κ1) is 15.0. The fraction of sp³-hybridized carbons (Fsp3) is 0.733. The molecule has 0 aliphatic heterocycles. The number of carbonyl (C=O) groups is 2. The molecule has 0 amide bonds. The van der Waals surface area contributed by atoms with Crippen molar-refractivity contribution in [3.8, 4) is 0 Å². The first-order chi connectivity index (χ1) is 9.34. The van der Waals surface area contributed by atoms with E-state index in [2.05, 4.69) is 0 Å². The van der Waals surface area contributed by atoms with Gasteiger partial charge in [-0.05, 0) is 40.5 Å². The van der Waals surface area contributed by atoms with Crippen LogP contribution in [0.1, 0.15) is 40.5 Å². The van der Waals surface area contributed by atoms with E-state index in [1.165, 1.54) is 7.11 Å². The molecular formula is C15H22O5. The van der Waals surface area contributed by atoms with Crippen LogP contribution in [0, 0.1) is 5.92 Å². The molecule has 0 saturated heterocycles. The molecule has 112 valence electrons. The van der Waals surface area contributed by atoms with Crippen molar-refractivity contribution in [1.29, 1.82) is 0 Å². The van der Waals surface area contributed by atoms with Gasteiger partial charge in [0, 0.05) is 13.0 Å². The molecule has 0 aromatic heterocycles. The van der Waals surface area contributed by atoms with E-state index in [9.17, 15) is 9.59 Å². The summed E-state index contributed by atoms with van der Waals surface area (Å²) in [6.45, 7) is 7.23. The zero-order valence-electron chi connectivity index (χ0n) is 12.7. The molecule has 2 aliphatic rings. The highest BCUT2D eigenvalue weighted by atomic mass is 16.6. The van der Waals surface area contributed by atoms with E-state index in [1.807, 2.05) is 27.7 Å².